The lowest BCUT2D eigenvalue weighted by Gasteiger charge is -2.47. The maximum Gasteiger partial charge on any atom is 0.410 e. The van der Waals surface area contributed by atoms with Gasteiger partial charge in [-0.2, -0.15) is 0 Å². The Labute approximate surface area is 187 Å². The monoisotopic (exact) mass is 433 g/mol. The molecule has 2 atom stereocenters. The Balaban J connectivity index is 1.62. The molecule has 1 aromatic carbocycles. The number of methoxy groups -OCH3 is 1. The van der Waals surface area contributed by atoms with Crippen molar-refractivity contribution in [1.29, 1.82) is 0 Å². The summed E-state index contributed by atoms with van der Waals surface area (Å²) in [7, 11) is 1.76. The predicted molar refractivity (Wildman–Crippen MR) is 121 cm³/mol. The molecule has 0 saturated carbocycles. The largest absolute Gasteiger partial charge is 0.444 e. The molecule has 2 aliphatic heterocycles. The third-order valence-electron chi connectivity index (χ3n) is 5.99. The lowest BCUT2D eigenvalue weighted by Crippen LogP contribution is -2.62. The minimum atomic E-state index is -0.470. The lowest BCUT2D eigenvalue weighted by atomic mass is 9.88. The van der Waals surface area contributed by atoms with E-state index in [0.29, 0.717) is 26.3 Å². The molecular weight excluding hydrogens is 394 g/mol. The second-order valence-corrected chi connectivity index (χ2v) is 9.73. The van der Waals surface area contributed by atoms with Gasteiger partial charge < -0.3 is 24.4 Å². The lowest BCUT2D eigenvalue weighted by molar-refractivity contribution is -0.0994. The molecule has 0 aliphatic carbocycles. The van der Waals surface area contributed by atoms with Crippen molar-refractivity contribution in [3.05, 3.63) is 35.9 Å². The van der Waals surface area contributed by atoms with E-state index in [4.69, 9.17) is 14.2 Å². The summed E-state index contributed by atoms with van der Waals surface area (Å²) in [6.07, 6.45) is 1.63. The van der Waals surface area contributed by atoms with Crippen LogP contribution < -0.4 is 5.32 Å². The Hall–Kier alpha value is -1.67. The molecule has 1 aromatic rings. The van der Waals surface area contributed by atoms with Gasteiger partial charge in [0.25, 0.3) is 0 Å². The summed E-state index contributed by atoms with van der Waals surface area (Å²) in [5.41, 5.74) is 0.651. The number of carbonyl (C=O) groups excluding carboxylic acids is 1. The van der Waals surface area contributed by atoms with E-state index in [2.05, 4.69) is 34.5 Å². The third-order valence-corrected chi connectivity index (χ3v) is 5.99. The topological polar surface area (TPSA) is 63.3 Å². The molecule has 0 radical (unpaired) electrons. The molecule has 0 aromatic heterocycles. The van der Waals surface area contributed by atoms with E-state index in [1.54, 1.807) is 7.11 Å². The van der Waals surface area contributed by atoms with E-state index in [1.165, 1.54) is 5.56 Å². The van der Waals surface area contributed by atoms with E-state index < -0.39 is 5.60 Å². The molecule has 7 heteroatoms. The molecule has 0 spiro atoms. The van der Waals surface area contributed by atoms with Crippen LogP contribution in [0.3, 0.4) is 0 Å². The van der Waals surface area contributed by atoms with Crippen molar-refractivity contribution in [2.24, 2.45) is 0 Å². The van der Waals surface area contributed by atoms with Gasteiger partial charge in [0.1, 0.15) is 5.60 Å². The number of benzene rings is 1. The normalized spacial score (nSPS) is 25.4. The first kappa shape index (κ1) is 24.0. The Morgan fingerprint density at radius 1 is 1.26 bits per heavy atom. The predicted octanol–water partition coefficient (Wildman–Crippen LogP) is 2.55. The van der Waals surface area contributed by atoms with Crippen molar-refractivity contribution in [1.82, 2.24) is 15.1 Å². The van der Waals surface area contributed by atoms with Gasteiger partial charge in [0, 0.05) is 45.9 Å². The highest BCUT2D eigenvalue weighted by Crippen LogP contribution is 2.26. The van der Waals surface area contributed by atoms with E-state index in [1.807, 2.05) is 31.7 Å². The standard InChI is InChI=1S/C24H39N3O4/c1-23(2,3)31-22(28)26-13-11-25-21(17-26)10-12-27-14-15-30-19-24(27,18-29-4)16-20-8-6-5-7-9-20/h5-9,21,25H,10-19H2,1-4H3/t21?,24-/m1/s1. The Morgan fingerprint density at radius 3 is 2.74 bits per heavy atom. The van der Waals surface area contributed by atoms with E-state index in [9.17, 15) is 4.79 Å². The number of carbonyl (C=O) groups is 1. The maximum absolute atomic E-state index is 12.5. The molecule has 0 bridgehead atoms. The van der Waals surface area contributed by atoms with Crippen molar-refractivity contribution in [2.45, 2.75) is 50.8 Å². The van der Waals surface area contributed by atoms with Gasteiger partial charge in [-0.3, -0.25) is 4.90 Å². The van der Waals surface area contributed by atoms with Gasteiger partial charge >= 0.3 is 6.09 Å². The molecule has 3 rings (SSSR count). The van der Waals surface area contributed by atoms with Crippen LogP contribution in [0, 0.1) is 0 Å². The Kier molecular flexibility index (Phi) is 8.33. The number of nitrogens with zero attached hydrogens (tertiary/aromatic N) is 2. The van der Waals surface area contributed by atoms with Gasteiger partial charge in [-0.15, -0.1) is 0 Å². The van der Waals surface area contributed by atoms with Crippen LogP contribution in [-0.4, -0.2) is 92.7 Å². The molecule has 2 heterocycles. The fourth-order valence-electron chi connectivity index (χ4n) is 4.53. The Morgan fingerprint density at radius 2 is 2.03 bits per heavy atom. The number of hydrogen-bond donors (Lipinski definition) is 1. The van der Waals surface area contributed by atoms with Crippen molar-refractivity contribution >= 4 is 6.09 Å². The summed E-state index contributed by atoms with van der Waals surface area (Å²) in [4.78, 5) is 16.8. The number of hydrogen-bond acceptors (Lipinski definition) is 6. The maximum atomic E-state index is 12.5. The van der Waals surface area contributed by atoms with Crippen LogP contribution in [0.4, 0.5) is 4.79 Å². The van der Waals surface area contributed by atoms with Crippen LogP contribution in [0.5, 0.6) is 0 Å². The zero-order valence-corrected chi connectivity index (χ0v) is 19.6. The summed E-state index contributed by atoms with van der Waals surface area (Å²) >= 11 is 0. The summed E-state index contributed by atoms with van der Waals surface area (Å²) < 4.78 is 17.2. The first-order valence-corrected chi connectivity index (χ1v) is 11.4. The minimum Gasteiger partial charge on any atom is -0.444 e. The van der Waals surface area contributed by atoms with Crippen LogP contribution in [0.2, 0.25) is 0 Å². The molecular formula is C24H39N3O4. The highest BCUT2D eigenvalue weighted by atomic mass is 16.6. The molecule has 2 fully saturated rings. The van der Waals surface area contributed by atoms with E-state index >= 15 is 0 Å². The zero-order chi connectivity index (χ0) is 22.3. The van der Waals surface area contributed by atoms with Crippen LogP contribution in [-0.2, 0) is 20.6 Å². The number of amides is 1. The molecule has 174 valence electrons. The summed E-state index contributed by atoms with van der Waals surface area (Å²) in [6.45, 7) is 11.7. The molecule has 1 unspecified atom stereocenters. The number of rotatable bonds is 7. The fourth-order valence-corrected chi connectivity index (χ4v) is 4.53. The van der Waals surface area contributed by atoms with Crippen LogP contribution >= 0.6 is 0 Å². The van der Waals surface area contributed by atoms with Crippen LogP contribution in [0.1, 0.15) is 32.8 Å². The Bertz CT molecular complexity index is 690. The van der Waals surface area contributed by atoms with E-state index in [-0.39, 0.29) is 17.7 Å². The first-order valence-electron chi connectivity index (χ1n) is 11.4. The number of ether oxygens (including phenoxy) is 3. The number of nitrogens with one attached hydrogen (secondary N) is 1. The van der Waals surface area contributed by atoms with Gasteiger partial charge in [-0.25, -0.2) is 4.79 Å². The third kappa shape index (κ3) is 6.91. The quantitative estimate of drug-likeness (QED) is 0.713. The SMILES string of the molecule is COC[C@]1(Cc2ccccc2)COCCN1CCC1CN(C(=O)OC(C)(C)C)CCN1. The second-order valence-electron chi connectivity index (χ2n) is 9.73. The highest BCUT2D eigenvalue weighted by molar-refractivity contribution is 5.68. The van der Waals surface area contributed by atoms with Crippen LogP contribution in [0.25, 0.3) is 0 Å². The van der Waals surface area contributed by atoms with Gasteiger partial charge in [-0.05, 0) is 39.2 Å². The molecule has 1 amide bonds. The molecule has 2 saturated heterocycles. The molecule has 7 nitrogen and oxygen atoms in total. The van der Waals surface area contributed by atoms with Crippen molar-refractivity contribution < 1.29 is 19.0 Å². The van der Waals surface area contributed by atoms with Gasteiger partial charge in [0.05, 0.1) is 25.4 Å². The van der Waals surface area contributed by atoms with Crippen LogP contribution in [0.15, 0.2) is 30.3 Å². The van der Waals surface area contributed by atoms with Gasteiger partial charge in [0.2, 0.25) is 0 Å². The van der Waals surface area contributed by atoms with E-state index in [0.717, 1.165) is 39.1 Å². The average Bonchev–Trinajstić information content (AvgIpc) is 2.73. The smallest absolute Gasteiger partial charge is 0.410 e. The molecule has 1 N–H and O–H groups in total. The minimum absolute atomic E-state index is 0.173. The summed E-state index contributed by atoms with van der Waals surface area (Å²) in [5, 5.41) is 3.58. The van der Waals surface area contributed by atoms with Crippen molar-refractivity contribution in [3.8, 4) is 0 Å². The zero-order valence-electron chi connectivity index (χ0n) is 19.6. The number of piperazine rings is 1. The number of morpholine rings is 1. The fraction of sp³-hybridized carbons (Fsp3) is 0.708. The average molecular weight is 434 g/mol. The summed E-state index contributed by atoms with van der Waals surface area (Å²) in [6, 6.07) is 10.8. The van der Waals surface area contributed by atoms with Crippen molar-refractivity contribution in [2.75, 3.05) is 59.7 Å². The van der Waals surface area contributed by atoms with Gasteiger partial charge in [-0.1, -0.05) is 30.3 Å². The summed E-state index contributed by atoms with van der Waals surface area (Å²) in [5.74, 6) is 0. The first-order chi connectivity index (χ1) is 14.8. The second kappa shape index (κ2) is 10.8. The molecule has 2 aliphatic rings. The van der Waals surface area contributed by atoms with Gasteiger partial charge in [0.15, 0.2) is 0 Å². The van der Waals surface area contributed by atoms with Crippen molar-refractivity contribution in [3.63, 3.8) is 0 Å². The molecule has 31 heavy (non-hydrogen) atoms. The highest BCUT2D eigenvalue weighted by Gasteiger charge is 2.40.